The fourth-order valence-electron chi connectivity index (χ4n) is 6.71. The minimum atomic E-state index is -1.60. The van der Waals surface area contributed by atoms with Crippen molar-refractivity contribution in [3.63, 3.8) is 0 Å². The molecule has 0 aromatic carbocycles. The van der Waals surface area contributed by atoms with E-state index in [2.05, 4.69) is 43.9 Å². The molecule has 4 N–H and O–H groups in total. The van der Waals surface area contributed by atoms with Gasteiger partial charge in [0.05, 0.1) is 13.2 Å². The molecule has 0 aliphatic carbocycles. The highest BCUT2D eigenvalue weighted by atomic mass is 16.7. The van der Waals surface area contributed by atoms with Crippen LogP contribution in [0.25, 0.3) is 0 Å². The number of hydrogen-bond donors (Lipinski definition) is 4. The van der Waals surface area contributed by atoms with Gasteiger partial charge >= 0.3 is 11.9 Å². The summed E-state index contributed by atoms with van der Waals surface area (Å²) in [6.07, 6.45) is 35.9. The molecule has 6 atom stereocenters. The molecule has 57 heavy (non-hydrogen) atoms. The van der Waals surface area contributed by atoms with Crippen LogP contribution < -0.4 is 0 Å². The number of carbonyl (C=O) groups is 2. The zero-order valence-electron chi connectivity index (χ0n) is 35.7. The number of carbonyl (C=O) groups excluding carboxylic acids is 2. The van der Waals surface area contributed by atoms with Crippen molar-refractivity contribution in [2.45, 2.75) is 217 Å². The summed E-state index contributed by atoms with van der Waals surface area (Å²) in [7, 11) is 0. The second-order valence-electron chi connectivity index (χ2n) is 15.6. The molecule has 1 rings (SSSR count). The molecule has 0 bridgehead atoms. The van der Waals surface area contributed by atoms with Crippen LogP contribution in [0.3, 0.4) is 0 Å². The quantitative estimate of drug-likeness (QED) is 0.0270. The van der Waals surface area contributed by atoms with Gasteiger partial charge in [-0.25, -0.2) is 0 Å². The first-order valence-electron chi connectivity index (χ1n) is 22.7. The smallest absolute Gasteiger partial charge is 0.306 e. The second-order valence-corrected chi connectivity index (χ2v) is 15.6. The predicted octanol–water partition coefficient (Wildman–Crippen LogP) is 9.67. The Morgan fingerprint density at radius 1 is 0.596 bits per heavy atom. The van der Waals surface area contributed by atoms with Gasteiger partial charge < -0.3 is 39.4 Å². The number of rotatable bonds is 38. The summed E-state index contributed by atoms with van der Waals surface area (Å²) in [5, 5.41) is 40.1. The summed E-state index contributed by atoms with van der Waals surface area (Å²) >= 11 is 0. The van der Waals surface area contributed by atoms with E-state index in [0.717, 1.165) is 51.4 Å². The highest BCUT2D eigenvalue weighted by Crippen LogP contribution is 2.22. The van der Waals surface area contributed by atoms with Crippen LogP contribution >= 0.6 is 0 Å². The molecule has 330 valence electrons. The van der Waals surface area contributed by atoms with Crippen LogP contribution in [0.15, 0.2) is 49.1 Å². The Hall–Kier alpha value is -2.34. The molecular formula is C47H82O10. The van der Waals surface area contributed by atoms with E-state index >= 15 is 0 Å². The van der Waals surface area contributed by atoms with Crippen molar-refractivity contribution in [1.29, 1.82) is 0 Å². The molecule has 0 amide bonds. The van der Waals surface area contributed by atoms with Gasteiger partial charge in [-0.1, -0.05) is 152 Å². The molecule has 1 fully saturated rings. The number of hydrogen-bond acceptors (Lipinski definition) is 10. The summed E-state index contributed by atoms with van der Waals surface area (Å²) < 4.78 is 22.1. The molecule has 10 nitrogen and oxygen atoms in total. The van der Waals surface area contributed by atoms with E-state index in [-0.39, 0.29) is 26.1 Å². The lowest BCUT2D eigenvalue weighted by molar-refractivity contribution is -0.305. The average molecular weight is 807 g/mol. The van der Waals surface area contributed by atoms with Crippen LogP contribution in [-0.4, -0.2) is 89.0 Å². The topological polar surface area (TPSA) is 152 Å². The normalized spacial score (nSPS) is 20.5. The number of allylic oxidation sites excluding steroid dienone is 7. The molecule has 1 heterocycles. The van der Waals surface area contributed by atoms with Gasteiger partial charge in [-0.3, -0.25) is 9.59 Å². The Labute approximate surface area is 346 Å². The lowest BCUT2D eigenvalue weighted by Crippen LogP contribution is -2.59. The van der Waals surface area contributed by atoms with Gasteiger partial charge in [0.15, 0.2) is 12.4 Å². The first kappa shape index (κ1) is 52.7. The Kier molecular flexibility index (Phi) is 35.0. The van der Waals surface area contributed by atoms with Crippen molar-refractivity contribution in [1.82, 2.24) is 0 Å². The Morgan fingerprint density at radius 2 is 1.09 bits per heavy atom. The molecule has 10 heteroatoms. The van der Waals surface area contributed by atoms with Gasteiger partial charge in [0, 0.05) is 12.8 Å². The van der Waals surface area contributed by atoms with Crippen LogP contribution in [0, 0.1) is 0 Å². The van der Waals surface area contributed by atoms with Gasteiger partial charge in [0.1, 0.15) is 31.0 Å². The minimum absolute atomic E-state index is 0.157. The molecule has 0 aromatic heterocycles. The number of ether oxygens (including phenoxy) is 4. The van der Waals surface area contributed by atoms with Crippen molar-refractivity contribution >= 4 is 11.9 Å². The molecule has 2 unspecified atom stereocenters. The molecule has 0 saturated carbocycles. The molecule has 0 radical (unpaired) electrons. The van der Waals surface area contributed by atoms with E-state index < -0.39 is 55.4 Å². The third-order valence-electron chi connectivity index (χ3n) is 10.3. The standard InChI is InChI=1S/C47H82O10/c1-3-5-7-9-11-13-15-17-19-20-22-24-26-28-30-32-34-36-43(50)56-40(39-55-47-46(53)45(52)44(51)41(37-48)57-47)38-54-42(49)35-33-31-29-27-25-23-21-18-16-14-12-10-8-6-4-2/h4,17,19,22,24,28,30,40-41,44-48,51-53H,2-3,5-16,18,20-21,23,25-27,29,31-39H2,1H3/b19-17+,24-22+,30-28+/t40-,41-,44+,45?,46?,47-/m1/s1. The molecular weight excluding hydrogens is 725 g/mol. The number of aliphatic hydroxyl groups excluding tert-OH is 4. The first-order chi connectivity index (χ1) is 27.8. The average Bonchev–Trinajstić information content (AvgIpc) is 3.21. The highest BCUT2D eigenvalue weighted by molar-refractivity contribution is 5.70. The number of esters is 2. The number of unbranched alkanes of at least 4 members (excludes halogenated alkanes) is 20. The van der Waals surface area contributed by atoms with Crippen molar-refractivity contribution < 1.29 is 49.0 Å². The van der Waals surface area contributed by atoms with Gasteiger partial charge in [-0.15, -0.1) is 6.58 Å². The maximum atomic E-state index is 12.7. The van der Waals surface area contributed by atoms with Gasteiger partial charge in [0.25, 0.3) is 0 Å². The van der Waals surface area contributed by atoms with E-state index in [0.29, 0.717) is 12.8 Å². The zero-order chi connectivity index (χ0) is 41.6. The first-order valence-corrected chi connectivity index (χ1v) is 22.7. The molecule has 0 aromatic rings. The Morgan fingerprint density at radius 3 is 1.65 bits per heavy atom. The van der Waals surface area contributed by atoms with E-state index in [1.165, 1.54) is 96.3 Å². The Bertz CT molecular complexity index is 1060. The lowest BCUT2D eigenvalue weighted by Gasteiger charge is -2.39. The fourth-order valence-corrected chi connectivity index (χ4v) is 6.71. The van der Waals surface area contributed by atoms with Crippen molar-refractivity contribution in [3.8, 4) is 0 Å². The van der Waals surface area contributed by atoms with Gasteiger partial charge in [-0.05, 0) is 57.8 Å². The van der Waals surface area contributed by atoms with Crippen molar-refractivity contribution in [2.75, 3.05) is 19.8 Å². The summed E-state index contributed by atoms with van der Waals surface area (Å²) in [6.45, 7) is 4.89. The maximum absolute atomic E-state index is 12.7. The van der Waals surface area contributed by atoms with Gasteiger partial charge in [-0.2, -0.15) is 0 Å². The number of aliphatic hydroxyl groups is 4. The third kappa shape index (κ3) is 29.5. The van der Waals surface area contributed by atoms with Crippen molar-refractivity contribution in [2.24, 2.45) is 0 Å². The van der Waals surface area contributed by atoms with Crippen LogP contribution in [0.5, 0.6) is 0 Å². The third-order valence-corrected chi connectivity index (χ3v) is 10.3. The molecule has 1 saturated heterocycles. The monoisotopic (exact) mass is 807 g/mol. The van der Waals surface area contributed by atoms with Crippen LogP contribution in [0.2, 0.25) is 0 Å². The summed E-state index contributed by atoms with van der Waals surface area (Å²) in [6, 6.07) is 0. The van der Waals surface area contributed by atoms with Crippen LogP contribution in [0.1, 0.15) is 180 Å². The SMILES string of the molecule is C=CCCCCCCCCCCCCCCCC(=O)OC[C@H](CO[C@@H]1O[C@H](CO)[C@H](O)C(O)C1O)OC(=O)CCC/C=C/C/C=C/C/C=C/CCCCCCCC. The minimum Gasteiger partial charge on any atom is -0.462 e. The second kappa shape index (κ2) is 37.9. The molecule has 0 spiro atoms. The van der Waals surface area contributed by atoms with E-state index in [9.17, 15) is 30.0 Å². The summed E-state index contributed by atoms with van der Waals surface area (Å²) in [5.74, 6) is -0.870. The van der Waals surface area contributed by atoms with Gasteiger partial charge in [0.2, 0.25) is 0 Å². The predicted molar refractivity (Wildman–Crippen MR) is 229 cm³/mol. The Balaban J connectivity index is 2.36. The highest BCUT2D eigenvalue weighted by Gasteiger charge is 2.44. The largest absolute Gasteiger partial charge is 0.462 e. The van der Waals surface area contributed by atoms with E-state index in [1.54, 1.807) is 0 Å². The van der Waals surface area contributed by atoms with Crippen molar-refractivity contribution in [3.05, 3.63) is 49.1 Å². The summed E-state index contributed by atoms with van der Waals surface area (Å²) in [5.41, 5.74) is 0. The van der Waals surface area contributed by atoms with Crippen LogP contribution in [-0.2, 0) is 28.5 Å². The summed E-state index contributed by atoms with van der Waals surface area (Å²) in [4.78, 5) is 25.3. The molecule has 1 aliphatic rings. The zero-order valence-corrected chi connectivity index (χ0v) is 35.7. The maximum Gasteiger partial charge on any atom is 0.306 e. The lowest BCUT2D eigenvalue weighted by atomic mass is 9.99. The molecule has 1 aliphatic heterocycles. The van der Waals surface area contributed by atoms with E-state index in [4.69, 9.17) is 18.9 Å². The van der Waals surface area contributed by atoms with E-state index in [1.807, 2.05) is 12.2 Å². The van der Waals surface area contributed by atoms with Crippen LogP contribution in [0.4, 0.5) is 0 Å². The fraction of sp³-hybridized carbons (Fsp3) is 0.787.